The normalized spacial score (nSPS) is 28.1. The molecule has 1 aromatic rings. The van der Waals surface area contributed by atoms with Crippen LogP contribution < -0.4 is 10.1 Å². The topological polar surface area (TPSA) is 43.4 Å². The van der Waals surface area contributed by atoms with Crippen molar-refractivity contribution in [1.29, 1.82) is 0 Å². The van der Waals surface area contributed by atoms with Crippen molar-refractivity contribution in [3.05, 3.63) is 24.0 Å². The molecule has 4 heteroatoms. The zero-order valence-electron chi connectivity index (χ0n) is 13.0. The third-order valence-corrected chi connectivity index (χ3v) is 4.65. The number of nitrogens with one attached hydrogen (secondary N) is 1. The Morgan fingerprint density at radius 2 is 2.00 bits per heavy atom. The van der Waals surface area contributed by atoms with E-state index in [9.17, 15) is 0 Å². The van der Waals surface area contributed by atoms with E-state index in [1.54, 1.807) is 13.3 Å². The molecule has 1 N–H and O–H groups in total. The van der Waals surface area contributed by atoms with E-state index in [0.717, 1.165) is 30.1 Å². The number of aromatic nitrogens is 1. The fourth-order valence-electron chi connectivity index (χ4n) is 3.30. The number of hydrogen-bond acceptors (Lipinski definition) is 4. The molecule has 1 heterocycles. The van der Waals surface area contributed by atoms with Gasteiger partial charge in [-0.3, -0.25) is 4.98 Å². The largest absolute Gasteiger partial charge is 0.495 e. The van der Waals surface area contributed by atoms with Gasteiger partial charge in [0.2, 0.25) is 0 Å². The molecule has 1 aliphatic rings. The van der Waals surface area contributed by atoms with Crippen molar-refractivity contribution in [2.24, 2.45) is 5.92 Å². The number of likely N-dealkylation sites (N-methyl/N-ethyl adjacent to an activating group) is 1. The summed E-state index contributed by atoms with van der Waals surface area (Å²) in [5.41, 5.74) is 0.984. The second-order valence-electron chi connectivity index (χ2n) is 5.83. The van der Waals surface area contributed by atoms with Crippen LogP contribution in [0.1, 0.15) is 44.2 Å². The van der Waals surface area contributed by atoms with E-state index in [1.807, 2.05) is 26.4 Å². The maximum absolute atomic E-state index is 5.98. The lowest BCUT2D eigenvalue weighted by Crippen LogP contribution is -2.47. The van der Waals surface area contributed by atoms with Gasteiger partial charge in [0.1, 0.15) is 5.75 Å². The quantitative estimate of drug-likeness (QED) is 0.899. The highest BCUT2D eigenvalue weighted by Gasteiger charge is 2.41. The molecule has 1 saturated carbocycles. The molecule has 4 nitrogen and oxygen atoms in total. The van der Waals surface area contributed by atoms with Crippen LogP contribution in [0.2, 0.25) is 0 Å². The molecule has 0 aliphatic heterocycles. The Labute approximate surface area is 121 Å². The minimum atomic E-state index is -0.144. The molecule has 2 rings (SSSR count). The van der Waals surface area contributed by atoms with Crippen LogP contribution in [-0.4, -0.2) is 31.9 Å². The zero-order chi connectivity index (χ0) is 14.6. The number of methoxy groups -OCH3 is 2. The molecule has 0 amide bonds. The van der Waals surface area contributed by atoms with Gasteiger partial charge >= 0.3 is 0 Å². The third kappa shape index (κ3) is 2.96. The molecule has 1 aliphatic carbocycles. The predicted molar refractivity (Wildman–Crippen MR) is 80.0 cm³/mol. The monoisotopic (exact) mass is 278 g/mol. The highest BCUT2D eigenvalue weighted by molar-refractivity contribution is 5.28. The molecule has 0 spiro atoms. The average molecular weight is 278 g/mol. The lowest BCUT2D eigenvalue weighted by molar-refractivity contribution is -0.0746. The maximum Gasteiger partial charge on any atom is 0.137 e. The van der Waals surface area contributed by atoms with Crippen molar-refractivity contribution in [3.63, 3.8) is 0 Å². The van der Waals surface area contributed by atoms with Crippen molar-refractivity contribution in [3.8, 4) is 5.75 Å². The lowest BCUT2D eigenvalue weighted by atomic mass is 9.73. The average Bonchev–Trinajstić information content (AvgIpc) is 2.50. The van der Waals surface area contributed by atoms with E-state index in [4.69, 9.17) is 9.47 Å². The molecular weight excluding hydrogens is 252 g/mol. The predicted octanol–water partition coefficient (Wildman–Crippen LogP) is 2.95. The Bertz CT molecular complexity index is 428. The van der Waals surface area contributed by atoms with E-state index in [0.29, 0.717) is 0 Å². The zero-order valence-corrected chi connectivity index (χ0v) is 13.0. The van der Waals surface area contributed by atoms with Gasteiger partial charge in [-0.2, -0.15) is 0 Å². The molecule has 1 fully saturated rings. The van der Waals surface area contributed by atoms with Crippen molar-refractivity contribution in [2.45, 2.75) is 44.2 Å². The molecule has 0 aromatic carbocycles. The summed E-state index contributed by atoms with van der Waals surface area (Å²) < 4.78 is 11.3. The molecule has 0 bridgehead atoms. The second kappa shape index (κ2) is 6.55. The molecule has 1 aromatic heterocycles. The lowest BCUT2D eigenvalue weighted by Gasteiger charge is -2.44. The van der Waals surface area contributed by atoms with Crippen LogP contribution in [0.3, 0.4) is 0 Å². The van der Waals surface area contributed by atoms with Gasteiger partial charge in [-0.05, 0) is 50.3 Å². The van der Waals surface area contributed by atoms with Gasteiger partial charge in [-0.15, -0.1) is 0 Å². The molecule has 1 unspecified atom stereocenters. The molecule has 1 atom stereocenters. The molecule has 112 valence electrons. The molecule has 0 radical (unpaired) electrons. The second-order valence-corrected chi connectivity index (χ2v) is 5.83. The Kier molecular flexibility index (Phi) is 5.00. The van der Waals surface area contributed by atoms with Crippen LogP contribution in [0.4, 0.5) is 0 Å². The third-order valence-electron chi connectivity index (χ3n) is 4.65. The van der Waals surface area contributed by atoms with Gasteiger partial charge in [0.05, 0.1) is 24.9 Å². The van der Waals surface area contributed by atoms with Crippen molar-refractivity contribution < 1.29 is 9.47 Å². The van der Waals surface area contributed by atoms with Crippen LogP contribution in [0, 0.1) is 5.92 Å². The summed E-state index contributed by atoms with van der Waals surface area (Å²) in [5, 5.41) is 3.43. The Morgan fingerprint density at radius 1 is 1.30 bits per heavy atom. The van der Waals surface area contributed by atoms with Crippen molar-refractivity contribution in [1.82, 2.24) is 10.3 Å². The van der Waals surface area contributed by atoms with Gasteiger partial charge in [-0.1, -0.05) is 6.92 Å². The fourth-order valence-corrected chi connectivity index (χ4v) is 3.30. The van der Waals surface area contributed by atoms with Crippen LogP contribution >= 0.6 is 0 Å². The van der Waals surface area contributed by atoms with Crippen LogP contribution in [0.25, 0.3) is 0 Å². The first-order valence-electron chi connectivity index (χ1n) is 7.36. The van der Waals surface area contributed by atoms with Gasteiger partial charge < -0.3 is 14.8 Å². The summed E-state index contributed by atoms with van der Waals surface area (Å²) in [6, 6.07) is 2.19. The standard InChI is InChI=1S/C16H26N2O2/c1-12-5-7-16(20-4,8-6-12)15(17-2)13-9-14(19-3)11-18-10-13/h9-12,15,17H,5-8H2,1-4H3. The van der Waals surface area contributed by atoms with E-state index in [2.05, 4.69) is 17.2 Å². The van der Waals surface area contributed by atoms with Crippen LogP contribution in [0.15, 0.2) is 18.5 Å². The SMILES string of the molecule is CNC(c1cncc(OC)c1)C1(OC)CCC(C)CC1. The number of rotatable bonds is 5. The van der Waals surface area contributed by atoms with E-state index in [1.165, 1.54) is 12.8 Å². The van der Waals surface area contributed by atoms with Gasteiger partial charge in [0, 0.05) is 13.3 Å². The summed E-state index contributed by atoms with van der Waals surface area (Å²) >= 11 is 0. The molecular formula is C16H26N2O2. The minimum Gasteiger partial charge on any atom is -0.495 e. The minimum absolute atomic E-state index is 0.141. The first kappa shape index (κ1) is 15.3. The van der Waals surface area contributed by atoms with Gasteiger partial charge in [-0.25, -0.2) is 0 Å². The fraction of sp³-hybridized carbons (Fsp3) is 0.688. The number of pyridine rings is 1. The molecule has 0 saturated heterocycles. The summed E-state index contributed by atoms with van der Waals surface area (Å²) in [6.07, 6.45) is 8.22. The Hall–Kier alpha value is -1.13. The van der Waals surface area contributed by atoms with E-state index >= 15 is 0 Å². The Balaban J connectivity index is 2.29. The molecule has 20 heavy (non-hydrogen) atoms. The summed E-state index contributed by atoms with van der Waals surface area (Å²) in [6.45, 7) is 2.32. The highest BCUT2D eigenvalue weighted by Crippen LogP contribution is 2.42. The van der Waals surface area contributed by atoms with Crippen molar-refractivity contribution >= 4 is 0 Å². The van der Waals surface area contributed by atoms with Crippen molar-refractivity contribution in [2.75, 3.05) is 21.3 Å². The summed E-state index contributed by atoms with van der Waals surface area (Å²) in [5.74, 6) is 1.58. The van der Waals surface area contributed by atoms with Crippen LogP contribution in [-0.2, 0) is 4.74 Å². The number of nitrogens with zero attached hydrogens (tertiary/aromatic N) is 1. The smallest absolute Gasteiger partial charge is 0.137 e. The summed E-state index contributed by atoms with van der Waals surface area (Å²) in [7, 11) is 5.49. The summed E-state index contributed by atoms with van der Waals surface area (Å²) in [4.78, 5) is 4.28. The first-order valence-corrected chi connectivity index (χ1v) is 7.36. The maximum atomic E-state index is 5.98. The number of ether oxygens (including phenoxy) is 2. The van der Waals surface area contributed by atoms with Crippen LogP contribution in [0.5, 0.6) is 5.75 Å². The van der Waals surface area contributed by atoms with E-state index in [-0.39, 0.29) is 11.6 Å². The van der Waals surface area contributed by atoms with E-state index < -0.39 is 0 Å². The van der Waals surface area contributed by atoms with Gasteiger partial charge in [0.15, 0.2) is 0 Å². The Morgan fingerprint density at radius 3 is 2.55 bits per heavy atom. The highest BCUT2D eigenvalue weighted by atomic mass is 16.5. The first-order chi connectivity index (χ1) is 9.65. The number of hydrogen-bond donors (Lipinski definition) is 1. The van der Waals surface area contributed by atoms with Gasteiger partial charge in [0.25, 0.3) is 0 Å².